The van der Waals surface area contributed by atoms with E-state index < -0.39 is 28.5 Å². The number of benzene rings is 3. The van der Waals surface area contributed by atoms with Crippen molar-refractivity contribution < 1.29 is 18.0 Å². The van der Waals surface area contributed by atoms with Crippen molar-refractivity contribution in [1.82, 2.24) is 10.2 Å². The van der Waals surface area contributed by atoms with Gasteiger partial charge in [-0.1, -0.05) is 65.2 Å². The van der Waals surface area contributed by atoms with Crippen molar-refractivity contribution in [3.05, 3.63) is 95.1 Å². The topological polar surface area (TPSA) is 86.8 Å². The zero-order valence-electron chi connectivity index (χ0n) is 22.9. The molecule has 38 heavy (non-hydrogen) atoms. The second-order valence-electron chi connectivity index (χ2n) is 10.0. The van der Waals surface area contributed by atoms with Crippen LogP contribution in [0.25, 0.3) is 0 Å². The number of carbonyl (C=O) groups is 2. The molecule has 0 aliphatic heterocycles. The number of hydrogen-bond acceptors (Lipinski definition) is 4. The fourth-order valence-electron chi connectivity index (χ4n) is 4.07. The van der Waals surface area contributed by atoms with Crippen LogP contribution in [0, 0.1) is 20.8 Å². The summed E-state index contributed by atoms with van der Waals surface area (Å²) in [6.45, 7) is 10.8. The van der Waals surface area contributed by atoms with E-state index >= 15 is 0 Å². The summed E-state index contributed by atoms with van der Waals surface area (Å²) in [7, 11) is -4.07. The second-order valence-corrected chi connectivity index (χ2v) is 11.9. The van der Waals surface area contributed by atoms with Crippen molar-refractivity contribution in [1.29, 1.82) is 0 Å². The summed E-state index contributed by atoms with van der Waals surface area (Å²) in [6.07, 6.45) is 0. The van der Waals surface area contributed by atoms with Crippen LogP contribution in [0.5, 0.6) is 0 Å². The zero-order valence-corrected chi connectivity index (χ0v) is 23.7. The first-order chi connectivity index (χ1) is 17.9. The number of amides is 2. The molecule has 0 saturated carbocycles. The average molecular weight is 536 g/mol. The summed E-state index contributed by atoms with van der Waals surface area (Å²) in [6, 6.07) is 20.3. The summed E-state index contributed by atoms with van der Waals surface area (Å²) in [5, 5.41) is 2.86. The van der Waals surface area contributed by atoms with E-state index in [0.29, 0.717) is 5.69 Å². The number of nitrogens with zero attached hydrogens (tertiary/aromatic N) is 2. The number of carbonyl (C=O) groups excluding carboxylic acids is 2. The maximum atomic E-state index is 13.9. The molecule has 0 unspecified atom stereocenters. The highest BCUT2D eigenvalue weighted by Crippen LogP contribution is 2.25. The Balaban J connectivity index is 2.02. The van der Waals surface area contributed by atoms with Crippen LogP contribution in [-0.4, -0.2) is 43.8 Å². The van der Waals surface area contributed by atoms with Crippen LogP contribution < -0.4 is 9.62 Å². The largest absolute Gasteiger partial charge is 0.352 e. The van der Waals surface area contributed by atoms with Crippen LogP contribution in [0.4, 0.5) is 5.69 Å². The standard InChI is InChI=1S/C30H37N3O4S/c1-21(2)31-30(35)25(6)32(19-26-9-7-8-24(5)18-26)29(34)20-33(27-14-10-22(3)11-15-27)38(36,37)28-16-12-23(4)13-17-28/h7-18,21,25H,19-20H2,1-6H3,(H,31,35)/t25-/m1/s1. The lowest BCUT2D eigenvalue weighted by Gasteiger charge is -2.32. The van der Waals surface area contributed by atoms with Crippen LogP contribution in [-0.2, 0) is 26.2 Å². The SMILES string of the molecule is Cc1ccc(N(CC(=O)N(Cc2cccc(C)c2)[C@H](C)C(=O)NC(C)C)S(=O)(=O)c2ccc(C)cc2)cc1. The number of rotatable bonds is 10. The molecule has 3 aromatic carbocycles. The molecule has 0 aliphatic carbocycles. The van der Waals surface area contributed by atoms with Crippen molar-refractivity contribution >= 4 is 27.5 Å². The molecule has 7 nitrogen and oxygen atoms in total. The highest BCUT2D eigenvalue weighted by Gasteiger charge is 2.32. The lowest BCUT2D eigenvalue weighted by atomic mass is 10.1. The first-order valence-corrected chi connectivity index (χ1v) is 14.1. The Kier molecular flexibility index (Phi) is 9.33. The van der Waals surface area contributed by atoms with Gasteiger partial charge in [0.25, 0.3) is 10.0 Å². The predicted molar refractivity (Wildman–Crippen MR) is 151 cm³/mol. The van der Waals surface area contributed by atoms with E-state index in [2.05, 4.69) is 5.32 Å². The van der Waals surface area contributed by atoms with E-state index in [1.807, 2.05) is 58.9 Å². The highest BCUT2D eigenvalue weighted by molar-refractivity contribution is 7.92. The maximum Gasteiger partial charge on any atom is 0.264 e. The van der Waals surface area contributed by atoms with Gasteiger partial charge in [0.15, 0.2) is 0 Å². The number of anilines is 1. The fourth-order valence-corrected chi connectivity index (χ4v) is 5.49. The Morgan fingerprint density at radius 2 is 1.39 bits per heavy atom. The molecule has 3 aromatic rings. The van der Waals surface area contributed by atoms with Crippen molar-refractivity contribution in [3.63, 3.8) is 0 Å². The molecular formula is C30H37N3O4S. The van der Waals surface area contributed by atoms with E-state index in [-0.39, 0.29) is 23.4 Å². The van der Waals surface area contributed by atoms with Crippen molar-refractivity contribution in [2.75, 3.05) is 10.8 Å². The van der Waals surface area contributed by atoms with Crippen LogP contribution in [0.15, 0.2) is 77.7 Å². The second kappa shape index (κ2) is 12.3. The van der Waals surface area contributed by atoms with Crippen LogP contribution in [0.3, 0.4) is 0 Å². The molecular weight excluding hydrogens is 498 g/mol. The van der Waals surface area contributed by atoms with E-state index in [9.17, 15) is 18.0 Å². The molecule has 202 valence electrons. The van der Waals surface area contributed by atoms with Crippen molar-refractivity contribution in [2.24, 2.45) is 0 Å². The molecule has 0 aliphatic rings. The molecule has 0 radical (unpaired) electrons. The Morgan fingerprint density at radius 3 is 1.95 bits per heavy atom. The van der Waals surface area contributed by atoms with Gasteiger partial charge in [-0.3, -0.25) is 13.9 Å². The quantitative estimate of drug-likeness (QED) is 0.406. The first kappa shape index (κ1) is 28.9. The van der Waals surface area contributed by atoms with Crippen molar-refractivity contribution in [2.45, 2.75) is 65.1 Å². The molecule has 0 fully saturated rings. The molecule has 3 rings (SSSR count). The van der Waals surface area contributed by atoms with E-state index in [0.717, 1.165) is 26.6 Å². The number of sulfonamides is 1. The monoisotopic (exact) mass is 535 g/mol. The third kappa shape index (κ3) is 7.22. The zero-order chi connectivity index (χ0) is 28.0. The lowest BCUT2D eigenvalue weighted by Crippen LogP contribution is -2.52. The summed E-state index contributed by atoms with van der Waals surface area (Å²) in [4.78, 5) is 28.4. The minimum atomic E-state index is -4.07. The van der Waals surface area contributed by atoms with E-state index in [1.165, 1.54) is 4.90 Å². The Hall–Kier alpha value is -3.65. The smallest absolute Gasteiger partial charge is 0.264 e. The van der Waals surface area contributed by atoms with E-state index in [1.54, 1.807) is 55.5 Å². The Labute approximate surface area is 226 Å². The molecule has 0 heterocycles. The van der Waals surface area contributed by atoms with Crippen molar-refractivity contribution in [3.8, 4) is 0 Å². The fraction of sp³-hybridized carbons (Fsp3) is 0.333. The van der Waals surface area contributed by atoms with Gasteiger partial charge in [0.1, 0.15) is 12.6 Å². The number of hydrogen-bond donors (Lipinski definition) is 1. The average Bonchev–Trinajstić information content (AvgIpc) is 2.86. The highest BCUT2D eigenvalue weighted by atomic mass is 32.2. The van der Waals surface area contributed by atoms with Gasteiger partial charge in [0.05, 0.1) is 10.6 Å². The van der Waals surface area contributed by atoms with Gasteiger partial charge >= 0.3 is 0 Å². The van der Waals surface area contributed by atoms with Gasteiger partial charge < -0.3 is 10.2 Å². The predicted octanol–water partition coefficient (Wildman–Crippen LogP) is 4.75. The first-order valence-electron chi connectivity index (χ1n) is 12.7. The van der Waals surface area contributed by atoms with Gasteiger partial charge in [0.2, 0.25) is 11.8 Å². The number of aryl methyl sites for hydroxylation is 3. The molecule has 2 amide bonds. The third-order valence-corrected chi connectivity index (χ3v) is 8.03. The van der Waals surface area contributed by atoms with Crippen LogP contribution in [0.1, 0.15) is 43.0 Å². The summed E-state index contributed by atoms with van der Waals surface area (Å²) in [5.41, 5.74) is 4.14. The molecule has 8 heteroatoms. The molecule has 0 bridgehead atoms. The Morgan fingerprint density at radius 1 is 0.816 bits per heavy atom. The minimum absolute atomic E-state index is 0.0901. The van der Waals surface area contributed by atoms with Crippen LogP contribution in [0.2, 0.25) is 0 Å². The molecule has 0 spiro atoms. The number of nitrogens with one attached hydrogen (secondary N) is 1. The van der Waals surface area contributed by atoms with Gasteiger partial charge in [-0.15, -0.1) is 0 Å². The van der Waals surface area contributed by atoms with Crippen LogP contribution >= 0.6 is 0 Å². The minimum Gasteiger partial charge on any atom is -0.352 e. The Bertz CT molecular complexity index is 1370. The summed E-state index contributed by atoms with van der Waals surface area (Å²) >= 11 is 0. The molecule has 0 saturated heterocycles. The third-order valence-electron chi connectivity index (χ3n) is 6.24. The van der Waals surface area contributed by atoms with Gasteiger partial charge in [-0.25, -0.2) is 8.42 Å². The summed E-state index contributed by atoms with van der Waals surface area (Å²) in [5.74, 6) is -0.779. The normalized spacial score (nSPS) is 12.2. The van der Waals surface area contributed by atoms with Gasteiger partial charge in [0, 0.05) is 12.6 Å². The molecule has 1 N–H and O–H groups in total. The maximum absolute atomic E-state index is 13.9. The molecule has 0 aromatic heterocycles. The van der Waals surface area contributed by atoms with Gasteiger partial charge in [-0.2, -0.15) is 0 Å². The van der Waals surface area contributed by atoms with E-state index in [4.69, 9.17) is 0 Å². The summed E-state index contributed by atoms with van der Waals surface area (Å²) < 4.78 is 28.8. The molecule has 1 atom stereocenters. The van der Waals surface area contributed by atoms with Gasteiger partial charge in [-0.05, 0) is 71.4 Å². The lowest BCUT2D eigenvalue weighted by molar-refractivity contribution is -0.139.